The maximum atomic E-state index is 12.5. The van der Waals surface area contributed by atoms with Crippen LogP contribution >= 0.6 is 7.60 Å². The molecule has 3 N–H and O–H groups in total. The van der Waals surface area contributed by atoms with Gasteiger partial charge in [0, 0.05) is 12.6 Å². The molecule has 3 unspecified atom stereocenters. The molecule has 0 aromatic heterocycles. The molecule has 3 atom stereocenters. The second kappa shape index (κ2) is 8.06. The van der Waals surface area contributed by atoms with Crippen LogP contribution in [0.15, 0.2) is 0 Å². The Hall–Kier alpha value is -0.950. The Balaban J connectivity index is 2.88. The summed E-state index contributed by atoms with van der Waals surface area (Å²) < 4.78 is 16.2. The third kappa shape index (κ3) is 4.52. The van der Waals surface area contributed by atoms with E-state index < -0.39 is 31.2 Å². The van der Waals surface area contributed by atoms with Gasteiger partial charge in [-0.2, -0.15) is 0 Å². The number of hydrogen-bond acceptors (Lipinski definition) is 5. The lowest BCUT2D eigenvalue weighted by Gasteiger charge is -2.38. The molecule has 0 saturated carbocycles. The van der Waals surface area contributed by atoms with Crippen molar-refractivity contribution < 1.29 is 28.7 Å². The van der Waals surface area contributed by atoms with Crippen molar-refractivity contribution in [1.82, 2.24) is 10.2 Å². The van der Waals surface area contributed by atoms with Crippen LogP contribution in [0.5, 0.6) is 0 Å². The number of rotatable bonds is 6. The number of methoxy groups -OCH3 is 1. The third-order valence-electron chi connectivity index (χ3n) is 4.00. The summed E-state index contributed by atoms with van der Waals surface area (Å²) in [5, 5.41) is 3.03. The average molecular weight is 336 g/mol. The molecule has 8 nitrogen and oxygen atoms in total. The lowest BCUT2D eigenvalue weighted by atomic mass is 9.97. The Kier molecular flexibility index (Phi) is 6.99. The van der Waals surface area contributed by atoms with E-state index in [0.29, 0.717) is 25.9 Å². The highest BCUT2D eigenvalue weighted by Crippen LogP contribution is 2.44. The summed E-state index contributed by atoms with van der Waals surface area (Å²) in [5.74, 6) is -0.941. The first-order chi connectivity index (χ1) is 10.3. The SMILES string of the molecule is CCC(C(=O)N(CC)C1CCNC(C(=O)OC)C1)P(=O)(O)O. The fourth-order valence-electron chi connectivity index (χ4n) is 2.84. The Morgan fingerprint density at radius 1 is 1.41 bits per heavy atom. The zero-order valence-corrected chi connectivity index (χ0v) is 14.1. The lowest BCUT2D eigenvalue weighted by molar-refractivity contribution is -0.145. The van der Waals surface area contributed by atoms with Gasteiger partial charge in [0.15, 0.2) is 0 Å². The molecule has 0 aliphatic carbocycles. The summed E-state index contributed by atoms with van der Waals surface area (Å²) >= 11 is 0. The molecule has 9 heteroatoms. The van der Waals surface area contributed by atoms with Crippen molar-refractivity contribution in [3.05, 3.63) is 0 Å². The fraction of sp³-hybridized carbons (Fsp3) is 0.846. The maximum absolute atomic E-state index is 12.5. The molecule has 22 heavy (non-hydrogen) atoms. The van der Waals surface area contributed by atoms with Crippen LogP contribution in [0, 0.1) is 0 Å². The van der Waals surface area contributed by atoms with Crippen molar-refractivity contribution >= 4 is 19.5 Å². The van der Waals surface area contributed by atoms with Gasteiger partial charge >= 0.3 is 13.6 Å². The molecule has 0 aromatic carbocycles. The first kappa shape index (κ1) is 19.1. The first-order valence-electron chi connectivity index (χ1n) is 7.43. The van der Waals surface area contributed by atoms with E-state index in [0.717, 1.165) is 0 Å². The molecule has 0 radical (unpaired) electrons. The van der Waals surface area contributed by atoms with Gasteiger partial charge in [0.25, 0.3) is 0 Å². The number of esters is 1. The monoisotopic (exact) mass is 336 g/mol. The summed E-state index contributed by atoms with van der Waals surface area (Å²) in [4.78, 5) is 44.3. The van der Waals surface area contributed by atoms with Crippen molar-refractivity contribution in [1.29, 1.82) is 0 Å². The predicted octanol–water partition coefficient (Wildman–Crippen LogP) is 0.0848. The lowest BCUT2D eigenvalue weighted by Crippen LogP contribution is -2.54. The van der Waals surface area contributed by atoms with Crippen molar-refractivity contribution in [2.75, 3.05) is 20.2 Å². The molecule has 1 rings (SSSR count). The fourth-order valence-corrected chi connectivity index (χ4v) is 3.76. The van der Waals surface area contributed by atoms with Gasteiger partial charge in [-0.25, -0.2) is 0 Å². The van der Waals surface area contributed by atoms with Crippen molar-refractivity contribution in [2.24, 2.45) is 0 Å². The number of hydrogen-bond donors (Lipinski definition) is 3. The molecule has 0 spiro atoms. The number of carbonyl (C=O) groups is 2. The third-order valence-corrected chi connectivity index (χ3v) is 5.40. The van der Waals surface area contributed by atoms with Gasteiger partial charge in [-0.05, 0) is 32.7 Å². The van der Waals surface area contributed by atoms with Gasteiger partial charge in [-0.3, -0.25) is 14.2 Å². The average Bonchev–Trinajstić information content (AvgIpc) is 2.46. The van der Waals surface area contributed by atoms with E-state index in [2.05, 4.69) is 5.32 Å². The summed E-state index contributed by atoms with van der Waals surface area (Å²) in [6, 6.07) is -0.732. The number of ether oxygens (including phenoxy) is 1. The smallest absolute Gasteiger partial charge is 0.337 e. The summed E-state index contributed by atoms with van der Waals surface area (Å²) in [5.41, 5.74) is -1.32. The van der Waals surface area contributed by atoms with Gasteiger partial charge < -0.3 is 24.7 Å². The summed E-state index contributed by atoms with van der Waals surface area (Å²) in [6.07, 6.45) is 1.08. The van der Waals surface area contributed by atoms with Gasteiger partial charge in [0.05, 0.1) is 7.11 Å². The molecule has 1 fully saturated rings. The van der Waals surface area contributed by atoms with Gasteiger partial charge in [-0.15, -0.1) is 0 Å². The Bertz CT molecular complexity index is 452. The number of nitrogens with zero attached hydrogens (tertiary/aromatic N) is 1. The standard InChI is InChI=1S/C13H25N2O6P/c1-4-11(22(18,19)20)12(16)15(5-2)9-6-7-14-10(8-9)13(17)21-3/h9-11,14H,4-8H2,1-3H3,(H2,18,19,20). The predicted molar refractivity (Wildman–Crippen MR) is 80.3 cm³/mol. The quantitative estimate of drug-likeness (QED) is 0.465. The van der Waals surface area contributed by atoms with Crippen LogP contribution in [-0.4, -0.2) is 64.5 Å². The van der Waals surface area contributed by atoms with Crippen LogP contribution in [0.1, 0.15) is 33.1 Å². The van der Waals surface area contributed by atoms with Crippen molar-refractivity contribution in [3.8, 4) is 0 Å². The van der Waals surface area contributed by atoms with Crippen LogP contribution in [0.2, 0.25) is 0 Å². The van der Waals surface area contributed by atoms with Crippen molar-refractivity contribution in [3.63, 3.8) is 0 Å². The largest absolute Gasteiger partial charge is 0.468 e. The van der Waals surface area contributed by atoms with E-state index in [1.54, 1.807) is 13.8 Å². The number of carbonyl (C=O) groups excluding carboxylic acids is 2. The molecule has 1 amide bonds. The minimum Gasteiger partial charge on any atom is -0.468 e. The Morgan fingerprint density at radius 3 is 2.50 bits per heavy atom. The molecule has 0 bridgehead atoms. The molecule has 1 saturated heterocycles. The van der Waals surface area contributed by atoms with Crippen LogP contribution in [-0.2, 0) is 18.9 Å². The minimum atomic E-state index is -4.49. The number of amides is 1. The normalized spacial score (nSPS) is 23.7. The zero-order chi connectivity index (χ0) is 16.9. The van der Waals surface area contributed by atoms with Gasteiger partial charge in [-0.1, -0.05) is 6.92 Å². The van der Waals surface area contributed by atoms with Crippen LogP contribution in [0.4, 0.5) is 0 Å². The summed E-state index contributed by atoms with van der Waals surface area (Å²) in [7, 11) is -3.19. The molecular weight excluding hydrogens is 311 g/mol. The second-order valence-corrected chi connectivity index (χ2v) is 7.15. The number of nitrogens with one attached hydrogen (secondary N) is 1. The molecule has 1 heterocycles. The van der Waals surface area contributed by atoms with Gasteiger partial charge in [0.2, 0.25) is 5.91 Å². The highest BCUT2D eigenvalue weighted by Gasteiger charge is 2.40. The minimum absolute atomic E-state index is 0.0744. The van der Waals surface area contributed by atoms with Crippen molar-refractivity contribution in [2.45, 2.75) is 50.9 Å². The molecule has 128 valence electrons. The highest BCUT2D eigenvalue weighted by molar-refractivity contribution is 7.53. The first-order valence-corrected chi connectivity index (χ1v) is 9.11. The molecule has 1 aliphatic rings. The van der Waals surface area contributed by atoms with E-state index in [9.17, 15) is 23.9 Å². The Labute approximate surface area is 130 Å². The topological polar surface area (TPSA) is 116 Å². The second-order valence-electron chi connectivity index (χ2n) is 5.35. The molecular formula is C13H25N2O6P. The zero-order valence-electron chi connectivity index (χ0n) is 13.2. The summed E-state index contributed by atoms with van der Waals surface area (Å²) in [6.45, 7) is 4.23. The molecule has 1 aliphatic heterocycles. The van der Waals surface area contributed by atoms with E-state index in [1.807, 2.05) is 0 Å². The van der Waals surface area contributed by atoms with Crippen LogP contribution < -0.4 is 5.32 Å². The number of piperidine rings is 1. The molecule has 0 aromatic rings. The maximum Gasteiger partial charge on any atom is 0.337 e. The van der Waals surface area contributed by atoms with E-state index in [4.69, 9.17) is 4.74 Å². The van der Waals surface area contributed by atoms with Crippen LogP contribution in [0.25, 0.3) is 0 Å². The highest BCUT2D eigenvalue weighted by atomic mass is 31.2. The van der Waals surface area contributed by atoms with E-state index >= 15 is 0 Å². The van der Waals surface area contributed by atoms with Crippen LogP contribution in [0.3, 0.4) is 0 Å². The van der Waals surface area contributed by atoms with E-state index in [-0.39, 0.29) is 12.5 Å². The van der Waals surface area contributed by atoms with E-state index in [1.165, 1.54) is 12.0 Å². The Morgan fingerprint density at radius 2 is 2.05 bits per heavy atom. The van der Waals surface area contributed by atoms with Gasteiger partial charge in [0.1, 0.15) is 11.7 Å².